The monoisotopic (exact) mass is 596 g/mol. The fourth-order valence-electron chi connectivity index (χ4n) is 5.89. The number of ketones is 1. The molecule has 1 aliphatic carbocycles. The molecule has 1 saturated heterocycles. The average Bonchev–Trinajstić information content (AvgIpc) is 2.98. The lowest BCUT2D eigenvalue weighted by molar-refractivity contribution is -0.139. The Morgan fingerprint density at radius 3 is 2.27 bits per heavy atom. The van der Waals surface area contributed by atoms with Gasteiger partial charge in [0.1, 0.15) is 0 Å². The summed E-state index contributed by atoms with van der Waals surface area (Å²) in [4.78, 5) is 27.2. The summed E-state index contributed by atoms with van der Waals surface area (Å²) in [6.45, 7) is 5.55. The van der Waals surface area contributed by atoms with Crippen molar-refractivity contribution >= 4 is 48.5 Å². The molecule has 218 valence electrons. The molecular formula is C32H38Cl2N4O3. The topological polar surface area (TPSA) is 99.2 Å². The molecule has 3 aromatic rings. The summed E-state index contributed by atoms with van der Waals surface area (Å²) in [5, 5.41) is 16.1. The van der Waals surface area contributed by atoms with Gasteiger partial charge in [0.2, 0.25) is 0 Å². The Balaban J connectivity index is 0.00000231. The van der Waals surface area contributed by atoms with Gasteiger partial charge < -0.3 is 15.7 Å². The van der Waals surface area contributed by atoms with E-state index in [2.05, 4.69) is 39.3 Å². The second kappa shape index (κ2) is 14.0. The third-order valence-electron chi connectivity index (χ3n) is 8.29. The molecule has 9 heteroatoms. The summed E-state index contributed by atoms with van der Waals surface area (Å²) in [7, 11) is 0. The summed E-state index contributed by atoms with van der Waals surface area (Å²) < 4.78 is 0. The number of benzene rings is 3. The van der Waals surface area contributed by atoms with Gasteiger partial charge in [-0.15, -0.1) is 24.8 Å². The number of para-hydroxylation sites is 1. The first kappa shape index (κ1) is 32.1. The molecule has 0 aromatic heterocycles. The van der Waals surface area contributed by atoms with E-state index in [-0.39, 0.29) is 42.9 Å². The maximum Gasteiger partial charge on any atom is 0.303 e. The highest BCUT2D eigenvalue weighted by molar-refractivity contribution is 6.09. The van der Waals surface area contributed by atoms with Crippen LogP contribution in [0.3, 0.4) is 0 Å². The number of carboxylic acids is 1. The summed E-state index contributed by atoms with van der Waals surface area (Å²) in [6, 6.07) is 23.7. The summed E-state index contributed by atoms with van der Waals surface area (Å²) in [5.74, 6) is -1.06. The van der Waals surface area contributed by atoms with Crippen LogP contribution in [0.1, 0.15) is 58.8 Å². The number of hydrogen-bond acceptors (Lipinski definition) is 6. The van der Waals surface area contributed by atoms with Crippen LogP contribution in [0.15, 0.2) is 77.9 Å². The molecule has 0 spiro atoms. The van der Waals surface area contributed by atoms with Crippen LogP contribution >= 0.6 is 24.8 Å². The molecule has 2 aliphatic rings. The third kappa shape index (κ3) is 7.10. The van der Waals surface area contributed by atoms with Crippen molar-refractivity contribution in [2.24, 2.45) is 16.8 Å². The van der Waals surface area contributed by atoms with E-state index < -0.39 is 11.5 Å². The summed E-state index contributed by atoms with van der Waals surface area (Å²) >= 11 is 0. The van der Waals surface area contributed by atoms with Crippen molar-refractivity contribution in [2.75, 3.05) is 31.1 Å². The maximum absolute atomic E-state index is 13.4. The first-order chi connectivity index (χ1) is 18.9. The van der Waals surface area contributed by atoms with E-state index in [4.69, 9.17) is 5.73 Å². The van der Waals surface area contributed by atoms with Crippen molar-refractivity contribution in [3.05, 3.63) is 101 Å². The Bertz CT molecular complexity index is 1360. The lowest BCUT2D eigenvalue weighted by Crippen LogP contribution is -2.47. The van der Waals surface area contributed by atoms with Crippen LogP contribution in [0, 0.1) is 5.92 Å². The molecule has 1 heterocycles. The molecule has 3 N–H and O–H groups in total. The summed E-state index contributed by atoms with van der Waals surface area (Å²) in [5.41, 5.74) is 11.4. The van der Waals surface area contributed by atoms with E-state index in [1.807, 2.05) is 61.7 Å². The smallest absolute Gasteiger partial charge is 0.303 e. The van der Waals surface area contributed by atoms with E-state index in [9.17, 15) is 14.7 Å². The number of carboxylic acid groups (broad SMARTS) is 1. The predicted molar refractivity (Wildman–Crippen MR) is 169 cm³/mol. The number of rotatable bonds is 8. The van der Waals surface area contributed by atoms with E-state index in [1.54, 1.807) is 0 Å². The van der Waals surface area contributed by atoms with Crippen molar-refractivity contribution in [2.45, 2.75) is 38.1 Å². The van der Waals surface area contributed by atoms with E-state index in [0.717, 1.165) is 55.7 Å². The van der Waals surface area contributed by atoms with Gasteiger partial charge in [0.15, 0.2) is 5.78 Å². The SMILES string of the molecule is CCC1(N)c2cc(C(=O)c3ccc(C=NN4CCN(c5ccccc5)CC4)cc3)ccc2CCC1CC(=O)O.Cl.Cl. The highest BCUT2D eigenvalue weighted by atomic mass is 35.5. The maximum atomic E-state index is 13.4. The number of halogens is 2. The fourth-order valence-corrected chi connectivity index (χ4v) is 5.89. The molecule has 2 atom stereocenters. The van der Waals surface area contributed by atoms with Crippen molar-refractivity contribution in [3.63, 3.8) is 0 Å². The van der Waals surface area contributed by atoms with E-state index >= 15 is 0 Å². The number of aliphatic carboxylic acids is 1. The zero-order chi connectivity index (χ0) is 27.4. The molecule has 3 aromatic carbocycles. The van der Waals surface area contributed by atoms with Crippen LogP contribution < -0.4 is 10.6 Å². The summed E-state index contributed by atoms with van der Waals surface area (Å²) in [6.07, 6.45) is 4.01. The van der Waals surface area contributed by atoms with Gasteiger partial charge in [0, 0.05) is 35.4 Å². The Hall–Kier alpha value is -3.39. The van der Waals surface area contributed by atoms with Crippen LogP contribution in [0.5, 0.6) is 0 Å². The van der Waals surface area contributed by atoms with Crippen molar-refractivity contribution < 1.29 is 14.7 Å². The molecule has 0 saturated carbocycles. The lowest BCUT2D eigenvalue weighted by Gasteiger charge is -2.42. The number of fused-ring (bicyclic) bond motifs is 1. The Morgan fingerprint density at radius 2 is 1.63 bits per heavy atom. The van der Waals surface area contributed by atoms with Gasteiger partial charge >= 0.3 is 5.97 Å². The van der Waals surface area contributed by atoms with Crippen molar-refractivity contribution in [1.82, 2.24) is 5.01 Å². The minimum Gasteiger partial charge on any atom is -0.481 e. The molecule has 1 fully saturated rings. The molecular weight excluding hydrogens is 559 g/mol. The van der Waals surface area contributed by atoms with Gasteiger partial charge in [0.25, 0.3) is 0 Å². The number of aryl methyl sites for hydroxylation is 1. The average molecular weight is 598 g/mol. The highest BCUT2D eigenvalue weighted by Crippen LogP contribution is 2.42. The van der Waals surface area contributed by atoms with Gasteiger partial charge in [-0.25, -0.2) is 0 Å². The zero-order valence-electron chi connectivity index (χ0n) is 23.2. The minimum atomic E-state index is -0.836. The molecule has 41 heavy (non-hydrogen) atoms. The molecule has 5 rings (SSSR count). The number of carbonyl (C=O) groups excluding carboxylic acids is 1. The van der Waals surface area contributed by atoms with Gasteiger partial charge in [-0.05, 0) is 60.1 Å². The second-order valence-corrected chi connectivity index (χ2v) is 10.6. The number of hydrazone groups is 1. The first-order valence-electron chi connectivity index (χ1n) is 13.7. The van der Waals surface area contributed by atoms with Crippen LogP contribution in [-0.2, 0) is 16.8 Å². The minimum absolute atomic E-state index is 0. The van der Waals surface area contributed by atoms with E-state index in [1.165, 1.54) is 5.69 Å². The highest BCUT2D eigenvalue weighted by Gasteiger charge is 2.41. The van der Waals surface area contributed by atoms with Crippen molar-refractivity contribution in [1.29, 1.82) is 0 Å². The third-order valence-corrected chi connectivity index (χ3v) is 8.29. The standard InChI is InChI=1S/C32H36N4O3.2ClH/c1-2-32(33)27(21-30(37)38)15-14-24-12-13-26(20-29(24)32)31(39)25-10-8-23(9-11-25)22-34-36-18-16-35(17-19-36)28-6-4-3-5-7-28;;/h3-13,20,22,27H,2,14-19,21,33H2,1H3,(H,37,38);2*1H. The van der Waals surface area contributed by atoms with Gasteiger partial charge in [-0.2, -0.15) is 5.10 Å². The molecule has 7 nitrogen and oxygen atoms in total. The number of anilines is 1. The Labute approximate surface area is 254 Å². The number of nitrogens with zero attached hydrogens (tertiary/aromatic N) is 3. The molecule has 0 amide bonds. The molecule has 0 bridgehead atoms. The zero-order valence-corrected chi connectivity index (χ0v) is 24.9. The lowest BCUT2D eigenvalue weighted by atomic mass is 9.66. The number of nitrogens with two attached hydrogens (primary N) is 1. The predicted octanol–water partition coefficient (Wildman–Crippen LogP) is 5.52. The van der Waals surface area contributed by atoms with Crippen LogP contribution in [0.25, 0.3) is 0 Å². The largest absolute Gasteiger partial charge is 0.481 e. The van der Waals surface area contributed by atoms with Gasteiger partial charge in [-0.3, -0.25) is 14.6 Å². The van der Waals surface area contributed by atoms with Crippen LogP contribution in [0.2, 0.25) is 0 Å². The quantitative estimate of drug-likeness (QED) is 0.262. The Morgan fingerprint density at radius 1 is 0.976 bits per heavy atom. The Kier molecular flexibility index (Phi) is 11.0. The molecule has 1 aliphatic heterocycles. The normalized spacial score (nSPS) is 20.1. The fraction of sp³-hybridized carbons (Fsp3) is 0.344. The van der Waals surface area contributed by atoms with Gasteiger partial charge in [0.05, 0.1) is 25.7 Å². The number of carbonyl (C=O) groups is 2. The second-order valence-electron chi connectivity index (χ2n) is 10.6. The van der Waals surface area contributed by atoms with Crippen LogP contribution in [0.4, 0.5) is 5.69 Å². The van der Waals surface area contributed by atoms with E-state index in [0.29, 0.717) is 17.5 Å². The first-order valence-corrected chi connectivity index (χ1v) is 13.7. The van der Waals surface area contributed by atoms with Gasteiger partial charge in [-0.1, -0.05) is 61.5 Å². The van der Waals surface area contributed by atoms with Crippen molar-refractivity contribution in [3.8, 4) is 0 Å². The van der Waals surface area contributed by atoms with Crippen LogP contribution in [-0.4, -0.2) is 54.3 Å². The molecule has 0 radical (unpaired) electrons. The number of hydrogen-bond donors (Lipinski definition) is 2. The molecule has 2 unspecified atom stereocenters. The number of piperazine rings is 1.